The largest absolute Gasteiger partial charge is 0.414 e. The molecule has 1 N–H and O–H groups in total. The Balaban J connectivity index is 1.43. The first-order chi connectivity index (χ1) is 14.5. The van der Waals surface area contributed by atoms with Gasteiger partial charge in [-0.05, 0) is 68.3 Å². The third-order valence-corrected chi connectivity index (χ3v) is 12.3. The van der Waals surface area contributed by atoms with Crippen molar-refractivity contribution in [1.82, 2.24) is 9.55 Å². The lowest BCUT2D eigenvalue weighted by Gasteiger charge is -2.42. The van der Waals surface area contributed by atoms with Crippen LogP contribution < -0.4 is 0 Å². The standard InChI is InChI=1S/C24H34F2N2O2Si/c1-24(2,3)31(4,5)30-16-8-6-15(7-9-16)21(29)12-19-22-17(25)10-11-18(26)23(22)20-13-27-14-28(19)20/h10-11,13-16,19,21,29H,6-9,12H2,1-5H3. The fourth-order valence-electron chi connectivity index (χ4n) is 4.88. The molecule has 1 fully saturated rings. The van der Waals surface area contributed by atoms with Gasteiger partial charge < -0.3 is 14.1 Å². The number of aliphatic hydroxyl groups excluding tert-OH is 1. The van der Waals surface area contributed by atoms with E-state index in [1.807, 2.05) is 0 Å². The molecule has 0 saturated heterocycles. The number of imidazole rings is 1. The van der Waals surface area contributed by atoms with Gasteiger partial charge >= 0.3 is 0 Å². The molecule has 1 aliphatic carbocycles. The van der Waals surface area contributed by atoms with Crippen LogP contribution in [0, 0.1) is 17.6 Å². The molecule has 170 valence electrons. The summed E-state index contributed by atoms with van der Waals surface area (Å²) in [7, 11) is -1.80. The zero-order chi connectivity index (χ0) is 22.6. The van der Waals surface area contributed by atoms with Crippen molar-refractivity contribution < 1.29 is 18.3 Å². The summed E-state index contributed by atoms with van der Waals surface area (Å²) in [6.07, 6.45) is 6.86. The van der Waals surface area contributed by atoms with Crippen LogP contribution in [0.15, 0.2) is 24.7 Å². The Hall–Kier alpha value is -1.57. The lowest BCUT2D eigenvalue weighted by molar-refractivity contribution is 0.0362. The molecule has 0 spiro atoms. The Kier molecular flexibility index (Phi) is 5.90. The average molecular weight is 449 g/mol. The van der Waals surface area contributed by atoms with Gasteiger partial charge in [0.2, 0.25) is 0 Å². The number of aromatic nitrogens is 2. The SMILES string of the molecule is CC(C)(C)[Si](C)(C)OC1CCC(C(O)CC2c3c(F)ccc(F)c3-c3cncn32)CC1. The van der Waals surface area contributed by atoms with Gasteiger partial charge in [0.25, 0.3) is 0 Å². The minimum Gasteiger partial charge on any atom is -0.414 e. The van der Waals surface area contributed by atoms with Crippen LogP contribution in [0.4, 0.5) is 8.78 Å². The third kappa shape index (κ3) is 4.12. The number of benzene rings is 1. The predicted octanol–water partition coefficient (Wildman–Crippen LogP) is 6.06. The van der Waals surface area contributed by atoms with Crippen LogP contribution in [-0.2, 0) is 4.43 Å². The van der Waals surface area contributed by atoms with E-state index in [2.05, 4.69) is 38.8 Å². The zero-order valence-corrected chi connectivity index (χ0v) is 20.2. The maximum Gasteiger partial charge on any atom is 0.192 e. The van der Waals surface area contributed by atoms with Crippen molar-refractivity contribution in [2.24, 2.45) is 5.92 Å². The number of rotatable bonds is 5. The normalized spacial score (nSPS) is 24.7. The fourth-order valence-corrected chi connectivity index (χ4v) is 6.30. The van der Waals surface area contributed by atoms with Gasteiger partial charge in [0, 0.05) is 17.2 Å². The predicted molar refractivity (Wildman–Crippen MR) is 120 cm³/mol. The van der Waals surface area contributed by atoms with Crippen LogP contribution >= 0.6 is 0 Å². The topological polar surface area (TPSA) is 47.3 Å². The molecule has 1 aromatic heterocycles. The van der Waals surface area contributed by atoms with E-state index in [9.17, 15) is 13.9 Å². The highest BCUT2D eigenvalue weighted by Gasteiger charge is 2.41. The monoisotopic (exact) mass is 448 g/mol. The maximum atomic E-state index is 14.7. The summed E-state index contributed by atoms with van der Waals surface area (Å²) in [5.41, 5.74) is 1.20. The molecule has 4 nitrogen and oxygen atoms in total. The molecule has 7 heteroatoms. The summed E-state index contributed by atoms with van der Waals surface area (Å²) in [6, 6.07) is 1.91. The van der Waals surface area contributed by atoms with E-state index in [1.165, 1.54) is 6.07 Å². The van der Waals surface area contributed by atoms with Crippen molar-refractivity contribution in [3.63, 3.8) is 0 Å². The van der Waals surface area contributed by atoms with E-state index < -0.39 is 32.1 Å². The number of hydrogen-bond acceptors (Lipinski definition) is 3. The van der Waals surface area contributed by atoms with Crippen LogP contribution in [0.1, 0.15) is 64.5 Å². The molecular formula is C24H34F2N2O2Si. The molecule has 2 aromatic rings. The first-order valence-electron chi connectivity index (χ1n) is 11.4. The van der Waals surface area contributed by atoms with E-state index >= 15 is 0 Å². The van der Waals surface area contributed by atoms with Crippen molar-refractivity contribution >= 4 is 8.32 Å². The van der Waals surface area contributed by atoms with Crippen LogP contribution in [0.3, 0.4) is 0 Å². The van der Waals surface area contributed by atoms with E-state index in [1.54, 1.807) is 17.1 Å². The quantitative estimate of drug-likeness (QED) is 0.565. The Morgan fingerprint density at radius 2 is 1.81 bits per heavy atom. The van der Waals surface area contributed by atoms with Crippen molar-refractivity contribution in [3.8, 4) is 11.3 Å². The Bertz CT molecular complexity index is 946. The van der Waals surface area contributed by atoms with Crippen molar-refractivity contribution in [2.75, 3.05) is 0 Å². The highest BCUT2D eigenvalue weighted by Crippen LogP contribution is 2.46. The third-order valence-electron chi connectivity index (χ3n) is 7.73. The molecule has 1 aromatic carbocycles. The number of hydrogen-bond donors (Lipinski definition) is 1. The Labute approximate surface area is 184 Å². The second-order valence-electron chi connectivity index (χ2n) is 10.7. The van der Waals surface area contributed by atoms with E-state index in [0.29, 0.717) is 17.7 Å². The minimum absolute atomic E-state index is 0.145. The second-order valence-corrected chi connectivity index (χ2v) is 15.5. The number of halogens is 2. The number of aliphatic hydroxyl groups is 1. The molecular weight excluding hydrogens is 414 g/mol. The molecule has 31 heavy (non-hydrogen) atoms. The van der Waals surface area contributed by atoms with E-state index in [-0.39, 0.29) is 22.6 Å². The highest BCUT2D eigenvalue weighted by molar-refractivity contribution is 6.74. The summed E-state index contributed by atoms with van der Waals surface area (Å²) in [6.45, 7) is 11.3. The maximum absolute atomic E-state index is 14.7. The van der Waals surface area contributed by atoms with Crippen LogP contribution in [0.2, 0.25) is 18.1 Å². The Morgan fingerprint density at radius 1 is 1.16 bits per heavy atom. The Morgan fingerprint density at radius 3 is 2.45 bits per heavy atom. The van der Waals surface area contributed by atoms with Crippen molar-refractivity contribution in [2.45, 2.75) is 89.3 Å². The molecule has 2 aliphatic rings. The molecule has 1 aliphatic heterocycles. The van der Waals surface area contributed by atoms with Gasteiger partial charge in [-0.15, -0.1) is 0 Å². The molecule has 0 bridgehead atoms. The summed E-state index contributed by atoms with van der Waals surface area (Å²) in [5, 5.41) is 11.2. The van der Waals surface area contributed by atoms with Crippen molar-refractivity contribution in [1.29, 1.82) is 0 Å². The summed E-state index contributed by atoms with van der Waals surface area (Å²) < 4.78 is 37.5. The van der Waals surface area contributed by atoms with E-state index in [0.717, 1.165) is 31.7 Å². The molecule has 2 unspecified atom stereocenters. The highest BCUT2D eigenvalue weighted by atomic mass is 28.4. The molecule has 2 atom stereocenters. The molecule has 0 radical (unpaired) electrons. The first kappa shape index (κ1) is 22.6. The van der Waals surface area contributed by atoms with Gasteiger partial charge in [-0.2, -0.15) is 0 Å². The van der Waals surface area contributed by atoms with E-state index in [4.69, 9.17) is 4.43 Å². The lowest BCUT2D eigenvalue weighted by atomic mass is 9.81. The van der Waals surface area contributed by atoms with Gasteiger partial charge in [-0.25, -0.2) is 13.8 Å². The minimum atomic E-state index is -1.80. The van der Waals surface area contributed by atoms with Crippen LogP contribution in [-0.4, -0.2) is 35.2 Å². The van der Waals surface area contributed by atoms with Gasteiger partial charge in [0.05, 0.1) is 30.4 Å². The molecule has 0 amide bonds. The van der Waals surface area contributed by atoms with Gasteiger partial charge in [0.1, 0.15) is 11.6 Å². The van der Waals surface area contributed by atoms with Crippen molar-refractivity contribution in [3.05, 3.63) is 41.9 Å². The molecule has 4 rings (SSSR count). The van der Waals surface area contributed by atoms with Crippen LogP contribution in [0.25, 0.3) is 11.3 Å². The fraction of sp³-hybridized carbons (Fsp3) is 0.625. The second kappa shape index (κ2) is 8.09. The van der Waals surface area contributed by atoms with Crippen LogP contribution in [0.5, 0.6) is 0 Å². The smallest absolute Gasteiger partial charge is 0.192 e. The van der Waals surface area contributed by atoms with Gasteiger partial charge in [-0.1, -0.05) is 20.8 Å². The van der Waals surface area contributed by atoms with Gasteiger partial charge in [0.15, 0.2) is 8.32 Å². The summed E-state index contributed by atoms with van der Waals surface area (Å²) in [4.78, 5) is 4.13. The molecule has 1 saturated carbocycles. The first-order valence-corrected chi connectivity index (χ1v) is 14.3. The average Bonchev–Trinajstić information content (AvgIpc) is 3.26. The lowest BCUT2D eigenvalue weighted by Crippen LogP contribution is -2.45. The number of fused-ring (bicyclic) bond motifs is 3. The number of nitrogens with zero attached hydrogens (tertiary/aromatic N) is 2. The molecule has 2 heterocycles. The summed E-state index contributed by atoms with van der Waals surface area (Å²) in [5.74, 6) is -0.728. The zero-order valence-electron chi connectivity index (χ0n) is 19.2. The summed E-state index contributed by atoms with van der Waals surface area (Å²) >= 11 is 0. The van der Waals surface area contributed by atoms with Gasteiger partial charge in [-0.3, -0.25) is 0 Å².